The molecule has 1 fully saturated rings. The molecule has 1 saturated heterocycles. The number of hydrogen-bond acceptors (Lipinski definition) is 4. The Kier molecular flexibility index (Phi) is 7.30. The van der Waals surface area contributed by atoms with Gasteiger partial charge in [0.2, 0.25) is 11.8 Å². The van der Waals surface area contributed by atoms with Gasteiger partial charge in [-0.25, -0.2) is 0 Å². The van der Waals surface area contributed by atoms with Crippen molar-refractivity contribution in [3.05, 3.63) is 0 Å². The molecule has 122 valence electrons. The number of carbonyl (C=O) groups is 2. The Bertz CT molecular complexity index is 360. The molecular weight excluding hydrogens is 307 g/mol. The van der Waals surface area contributed by atoms with E-state index in [0.29, 0.717) is 5.25 Å². The lowest BCUT2D eigenvalue weighted by molar-refractivity contribution is -0.141. The number of hydrogen-bond donors (Lipinski definition) is 2. The predicted octanol–water partition coefficient (Wildman–Crippen LogP) is 0.608. The van der Waals surface area contributed by atoms with E-state index in [1.807, 2.05) is 0 Å². The number of amides is 2. The van der Waals surface area contributed by atoms with E-state index < -0.39 is 18.6 Å². The highest BCUT2D eigenvalue weighted by molar-refractivity contribution is 8.00. The lowest BCUT2D eigenvalue weighted by atomic mass is 10.2. The van der Waals surface area contributed by atoms with Crippen molar-refractivity contribution in [3.63, 3.8) is 0 Å². The van der Waals surface area contributed by atoms with Crippen molar-refractivity contribution < 1.29 is 22.8 Å². The topological polar surface area (TPSA) is 61.4 Å². The molecule has 1 rings (SSSR count). The van der Waals surface area contributed by atoms with Crippen LogP contribution in [0.15, 0.2) is 0 Å². The van der Waals surface area contributed by atoms with Crippen molar-refractivity contribution in [2.24, 2.45) is 0 Å². The van der Waals surface area contributed by atoms with Crippen LogP contribution in [0.4, 0.5) is 13.2 Å². The number of piperidine rings is 1. The number of nitrogens with zero attached hydrogens (tertiary/aromatic N) is 1. The lowest BCUT2D eigenvalue weighted by Gasteiger charge is -2.23. The summed E-state index contributed by atoms with van der Waals surface area (Å²) in [6.45, 7) is 0.127. The largest absolute Gasteiger partial charge is 0.405 e. The summed E-state index contributed by atoms with van der Waals surface area (Å²) in [6, 6.07) is 0. The van der Waals surface area contributed by atoms with Gasteiger partial charge in [0.05, 0.1) is 12.3 Å². The van der Waals surface area contributed by atoms with Gasteiger partial charge >= 0.3 is 6.18 Å². The average Bonchev–Trinajstić information content (AvgIpc) is 2.43. The molecule has 9 heteroatoms. The van der Waals surface area contributed by atoms with Crippen LogP contribution in [0, 0.1) is 0 Å². The van der Waals surface area contributed by atoms with Crippen LogP contribution in [-0.4, -0.2) is 67.1 Å². The van der Waals surface area contributed by atoms with E-state index in [9.17, 15) is 22.8 Å². The minimum atomic E-state index is -4.44. The molecule has 0 aromatic rings. The van der Waals surface area contributed by atoms with Crippen LogP contribution in [0.2, 0.25) is 0 Å². The van der Waals surface area contributed by atoms with Gasteiger partial charge < -0.3 is 15.5 Å². The highest BCUT2D eigenvalue weighted by atomic mass is 32.2. The number of rotatable bonds is 6. The van der Waals surface area contributed by atoms with Gasteiger partial charge in [0.1, 0.15) is 6.54 Å². The Hall–Kier alpha value is -0.960. The van der Waals surface area contributed by atoms with E-state index in [1.165, 1.54) is 18.8 Å². The van der Waals surface area contributed by atoms with Gasteiger partial charge in [-0.15, -0.1) is 11.8 Å². The van der Waals surface area contributed by atoms with Crippen molar-refractivity contribution in [2.75, 3.05) is 39.0 Å². The maximum Gasteiger partial charge on any atom is 0.405 e. The molecule has 1 aliphatic rings. The fourth-order valence-corrected chi connectivity index (χ4v) is 2.99. The first-order chi connectivity index (χ1) is 9.78. The van der Waals surface area contributed by atoms with Gasteiger partial charge in [-0.2, -0.15) is 13.2 Å². The lowest BCUT2D eigenvalue weighted by Crippen LogP contribution is -2.42. The molecule has 0 aromatic heterocycles. The summed E-state index contributed by atoms with van der Waals surface area (Å²) >= 11 is 1.54. The van der Waals surface area contributed by atoms with E-state index >= 15 is 0 Å². The van der Waals surface area contributed by atoms with Crippen molar-refractivity contribution in [1.82, 2.24) is 15.5 Å². The number of carbonyl (C=O) groups excluding carboxylic acids is 2. The number of halogens is 3. The van der Waals surface area contributed by atoms with Crippen molar-refractivity contribution >= 4 is 23.6 Å². The third-order valence-electron chi connectivity index (χ3n) is 3.02. The zero-order valence-electron chi connectivity index (χ0n) is 11.8. The predicted molar refractivity (Wildman–Crippen MR) is 75.1 cm³/mol. The summed E-state index contributed by atoms with van der Waals surface area (Å²) in [7, 11) is 1.42. The summed E-state index contributed by atoms with van der Waals surface area (Å²) in [5.74, 6) is -0.816. The highest BCUT2D eigenvalue weighted by Gasteiger charge is 2.28. The van der Waals surface area contributed by atoms with Gasteiger partial charge in [0.25, 0.3) is 0 Å². The maximum atomic E-state index is 11.9. The Morgan fingerprint density at radius 1 is 1.33 bits per heavy atom. The third kappa shape index (κ3) is 8.15. The second-order valence-corrected chi connectivity index (χ2v) is 6.19. The number of nitrogens with one attached hydrogen (secondary N) is 2. The summed E-state index contributed by atoms with van der Waals surface area (Å²) in [5, 5.41) is 5.38. The molecule has 0 spiro atoms. The second-order valence-electron chi connectivity index (χ2n) is 4.90. The number of thioether (sulfide) groups is 1. The van der Waals surface area contributed by atoms with Crippen LogP contribution in [0.3, 0.4) is 0 Å². The van der Waals surface area contributed by atoms with Crippen LogP contribution in [0.25, 0.3) is 0 Å². The molecule has 21 heavy (non-hydrogen) atoms. The average molecular weight is 327 g/mol. The van der Waals surface area contributed by atoms with Crippen LogP contribution in [0.1, 0.15) is 12.8 Å². The molecule has 1 aliphatic heterocycles. The van der Waals surface area contributed by atoms with E-state index in [4.69, 9.17) is 0 Å². The zero-order chi connectivity index (χ0) is 15.9. The fourth-order valence-electron chi connectivity index (χ4n) is 1.82. The maximum absolute atomic E-state index is 11.9. The van der Waals surface area contributed by atoms with E-state index in [2.05, 4.69) is 5.32 Å². The summed E-state index contributed by atoms with van der Waals surface area (Å²) in [6.07, 6.45) is -2.45. The molecule has 0 bridgehead atoms. The van der Waals surface area contributed by atoms with Gasteiger partial charge in [0.15, 0.2) is 0 Å². The number of likely N-dealkylation sites (N-methyl/N-ethyl adjacent to an activating group) is 1. The smallest absolute Gasteiger partial charge is 0.345 e. The SMILES string of the molecule is CN(CC(=O)NCC(F)(F)F)C(=O)CSC1CCNCC1. The molecule has 0 radical (unpaired) electrons. The van der Waals surface area contributed by atoms with Crippen molar-refractivity contribution in [2.45, 2.75) is 24.3 Å². The Balaban J connectivity index is 2.22. The standard InChI is InChI=1S/C12H20F3N3O2S/c1-18(6-10(19)17-8-12(13,14)15)11(20)7-21-9-2-4-16-5-3-9/h9,16H,2-8H2,1H3,(H,17,19). The molecule has 0 aliphatic carbocycles. The summed E-state index contributed by atoms with van der Waals surface area (Å²) in [4.78, 5) is 24.3. The molecule has 5 nitrogen and oxygen atoms in total. The van der Waals surface area contributed by atoms with Gasteiger partial charge in [-0.1, -0.05) is 0 Å². The minimum absolute atomic E-state index is 0.244. The van der Waals surface area contributed by atoms with Gasteiger partial charge in [-0.05, 0) is 25.9 Å². The first-order valence-corrected chi connectivity index (χ1v) is 7.72. The molecular formula is C12H20F3N3O2S. The van der Waals surface area contributed by atoms with Crippen LogP contribution in [0.5, 0.6) is 0 Å². The Labute approximate surface area is 126 Å². The van der Waals surface area contributed by atoms with Crippen LogP contribution in [-0.2, 0) is 9.59 Å². The summed E-state index contributed by atoms with van der Waals surface area (Å²) < 4.78 is 35.8. The minimum Gasteiger partial charge on any atom is -0.345 e. The fraction of sp³-hybridized carbons (Fsp3) is 0.833. The quantitative estimate of drug-likeness (QED) is 0.750. The zero-order valence-corrected chi connectivity index (χ0v) is 12.6. The molecule has 0 aromatic carbocycles. The van der Waals surface area contributed by atoms with E-state index in [-0.39, 0.29) is 18.2 Å². The first kappa shape index (κ1) is 18.1. The van der Waals surface area contributed by atoms with Crippen LogP contribution >= 0.6 is 11.8 Å². The Morgan fingerprint density at radius 2 is 1.95 bits per heavy atom. The molecule has 2 amide bonds. The molecule has 2 N–H and O–H groups in total. The van der Waals surface area contributed by atoms with Gasteiger partial charge in [-0.3, -0.25) is 9.59 Å². The van der Waals surface area contributed by atoms with Crippen molar-refractivity contribution in [3.8, 4) is 0 Å². The normalized spacial score (nSPS) is 16.6. The molecule has 1 heterocycles. The highest BCUT2D eigenvalue weighted by Crippen LogP contribution is 2.20. The van der Waals surface area contributed by atoms with E-state index in [1.54, 1.807) is 5.32 Å². The first-order valence-electron chi connectivity index (χ1n) is 6.67. The number of alkyl halides is 3. The van der Waals surface area contributed by atoms with Crippen molar-refractivity contribution in [1.29, 1.82) is 0 Å². The Morgan fingerprint density at radius 3 is 2.52 bits per heavy atom. The molecule has 0 atom stereocenters. The third-order valence-corrected chi connectivity index (χ3v) is 4.38. The van der Waals surface area contributed by atoms with E-state index in [0.717, 1.165) is 30.8 Å². The van der Waals surface area contributed by atoms with Gasteiger partial charge in [0, 0.05) is 12.3 Å². The summed E-state index contributed by atoms with van der Waals surface area (Å²) in [5.41, 5.74) is 0. The molecule has 0 saturated carbocycles. The second kappa shape index (κ2) is 8.47. The monoisotopic (exact) mass is 327 g/mol. The van der Waals surface area contributed by atoms with Crippen LogP contribution < -0.4 is 10.6 Å². The molecule has 0 unspecified atom stereocenters.